The third-order valence-corrected chi connectivity index (χ3v) is 6.15. The van der Waals surface area contributed by atoms with E-state index in [-0.39, 0.29) is 5.82 Å². The molecule has 154 valence electrons. The van der Waals surface area contributed by atoms with E-state index in [0.29, 0.717) is 33.7 Å². The number of aromatic nitrogens is 3. The van der Waals surface area contributed by atoms with Crippen molar-refractivity contribution in [1.29, 1.82) is 0 Å². The van der Waals surface area contributed by atoms with E-state index >= 15 is 0 Å². The summed E-state index contributed by atoms with van der Waals surface area (Å²) < 4.78 is 21.6. The molecule has 6 nitrogen and oxygen atoms in total. The molecule has 9 heteroatoms. The van der Waals surface area contributed by atoms with E-state index in [4.69, 9.17) is 4.74 Å². The van der Waals surface area contributed by atoms with Gasteiger partial charge in [0.2, 0.25) is 11.1 Å². The quantitative estimate of drug-likeness (QED) is 0.405. The highest BCUT2D eigenvalue weighted by atomic mass is 79.9. The van der Waals surface area contributed by atoms with Crippen LogP contribution in [0.1, 0.15) is 24.1 Å². The number of hydrogen-bond acceptors (Lipinski definition) is 6. The van der Waals surface area contributed by atoms with Gasteiger partial charge in [0.05, 0.1) is 12.7 Å². The number of methoxy groups -OCH3 is 1. The van der Waals surface area contributed by atoms with E-state index in [1.165, 1.54) is 24.9 Å². The van der Waals surface area contributed by atoms with Crippen LogP contribution in [0.15, 0.2) is 69.4 Å². The number of carbonyl (C=O) groups excluding carboxylic acids is 1. The molecule has 0 radical (unpaired) electrons. The molecule has 1 aromatic heterocycles. The minimum atomic E-state index is -0.489. The maximum absolute atomic E-state index is 13.9. The van der Waals surface area contributed by atoms with Gasteiger partial charge in [-0.05, 0) is 36.2 Å². The molecular weight excluding hydrogens is 471 g/mol. The fourth-order valence-corrected chi connectivity index (χ4v) is 4.36. The van der Waals surface area contributed by atoms with Crippen molar-refractivity contribution in [2.45, 2.75) is 23.9 Å². The molecule has 2 aromatic carbocycles. The number of anilines is 1. The number of esters is 1. The minimum Gasteiger partial charge on any atom is -0.466 e. The molecular formula is C21H18BrFN4O2S. The van der Waals surface area contributed by atoms with Crippen molar-refractivity contribution in [3.8, 4) is 0 Å². The van der Waals surface area contributed by atoms with Gasteiger partial charge in [-0.3, -0.25) is 0 Å². The molecule has 1 atom stereocenters. The Morgan fingerprint density at radius 2 is 2.00 bits per heavy atom. The number of allylic oxidation sites excluding steroid dienone is 1. The van der Waals surface area contributed by atoms with Crippen molar-refractivity contribution in [3.63, 3.8) is 0 Å². The number of fused-ring (bicyclic) bond motifs is 1. The molecule has 30 heavy (non-hydrogen) atoms. The van der Waals surface area contributed by atoms with Gasteiger partial charge < -0.3 is 10.1 Å². The van der Waals surface area contributed by atoms with Crippen LogP contribution in [0.3, 0.4) is 0 Å². The molecule has 0 aliphatic carbocycles. The summed E-state index contributed by atoms with van der Waals surface area (Å²) in [5, 5.41) is 8.23. The summed E-state index contributed by atoms with van der Waals surface area (Å²) in [5.74, 6) is 0.221. The van der Waals surface area contributed by atoms with Crippen LogP contribution in [0.2, 0.25) is 0 Å². The summed E-state index contributed by atoms with van der Waals surface area (Å²) in [6.45, 7) is 1.81. The normalized spacial score (nSPS) is 15.5. The first-order valence-corrected chi connectivity index (χ1v) is 10.9. The van der Waals surface area contributed by atoms with Gasteiger partial charge in [-0.1, -0.05) is 58.0 Å². The van der Waals surface area contributed by atoms with Crippen LogP contribution >= 0.6 is 27.7 Å². The number of ether oxygens (including phenoxy) is 1. The number of hydrogen-bond donors (Lipinski definition) is 1. The van der Waals surface area contributed by atoms with Crippen LogP contribution in [-0.4, -0.2) is 27.8 Å². The Labute approximate surface area is 185 Å². The largest absolute Gasteiger partial charge is 0.466 e. The second kappa shape index (κ2) is 8.61. The fourth-order valence-electron chi connectivity index (χ4n) is 3.28. The second-order valence-electron chi connectivity index (χ2n) is 6.65. The highest BCUT2D eigenvalue weighted by molar-refractivity contribution is 9.10. The summed E-state index contributed by atoms with van der Waals surface area (Å²) in [6, 6.07) is 13.8. The van der Waals surface area contributed by atoms with Crippen LogP contribution in [0.25, 0.3) is 0 Å². The predicted octanol–water partition coefficient (Wildman–Crippen LogP) is 4.93. The van der Waals surface area contributed by atoms with Gasteiger partial charge in [0.25, 0.3) is 0 Å². The zero-order valence-corrected chi connectivity index (χ0v) is 18.6. The predicted molar refractivity (Wildman–Crippen MR) is 117 cm³/mol. The maximum atomic E-state index is 13.9. The van der Waals surface area contributed by atoms with Crippen molar-refractivity contribution < 1.29 is 13.9 Å². The Hall–Kier alpha value is -2.65. The molecule has 4 rings (SSSR count). The number of thioether (sulfide) groups is 1. The first kappa shape index (κ1) is 20.6. The van der Waals surface area contributed by atoms with E-state index in [0.717, 1.165) is 10.0 Å². The van der Waals surface area contributed by atoms with E-state index in [1.54, 1.807) is 22.9 Å². The number of benzene rings is 2. The molecule has 1 aliphatic heterocycles. The van der Waals surface area contributed by atoms with Crippen LogP contribution < -0.4 is 5.32 Å². The van der Waals surface area contributed by atoms with Gasteiger partial charge in [0, 0.05) is 15.9 Å². The molecule has 0 bridgehead atoms. The molecule has 1 aliphatic rings. The zero-order chi connectivity index (χ0) is 21.3. The van der Waals surface area contributed by atoms with Crippen LogP contribution in [-0.2, 0) is 15.3 Å². The molecule has 3 aromatic rings. The molecule has 0 spiro atoms. The first-order chi connectivity index (χ1) is 14.5. The number of nitrogens with zero attached hydrogens (tertiary/aromatic N) is 3. The maximum Gasteiger partial charge on any atom is 0.338 e. The van der Waals surface area contributed by atoms with Gasteiger partial charge in [0.15, 0.2) is 0 Å². The molecule has 0 fully saturated rings. The SMILES string of the molecule is COC(=O)C1=C(C)Nc2nc(SCc3ccccc3F)nn2C1c1ccc(Br)cc1. The third-order valence-electron chi connectivity index (χ3n) is 4.74. The summed E-state index contributed by atoms with van der Waals surface area (Å²) >= 11 is 4.77. The van der Waals surface area contributed by atoms with Crippen molar-refractivity contribution in [3.05, 3.63) is 81.2 Å². The van der Waals surface area contributed by atoms with Crippen LogP contribution in [0, 0.1) is 5.82 Å². The lowest BCUT2D eigenvalue weighted by Gasteiger charge is -2.27. The highest BCUT2D eigenvalue weighted by Crippen LogP contribution is 2.37. The molecule has 2 heterocycles. The Balaban J connectivity index is 1.70. The van der Waals surface area contributed by atoms with Crippen LogP contribution in [0.5, 0.6) is 0 Å². The second-order valence-corrected chi connectivity index (χ2v) is 8.51. The average Bonchev–Trinajstić information content (AvgIpc) is 3.14. The van der Waals surface area contributed by atoms with Crippen molar-refractivity contribution in [2.75, 3.05) is 12.4 Å². The van der Waals surface area contributed by atoms with Gasteiger partial charge in [-0.2, -0.15) is 4.98 Å². The topological polar surface area (TPSA) is 69.0 Å². The smallest absolute Gasteiger partial charge is 0.338 e. The van der Waals surface area contributed by atoms with Crippen molar-refractivity contribution >= 4 is 39.6 Å². The average molecular weight is 489 g/mol. The molecule has 1 unspecified atom stereocenters. The van der Waals surface area contributed by atoms with Crippen molar-refractivity contribution in [2.24, 2.45) is 0 Å². The standard InChI is InChI=1S/C21H18BrFN4O2S/c1-12-17(19(28)29-2)18(13-7-9-15(22)10-8-13)27-20(24-12)25-21(26-27)30-11-14-5-3-4-6-16(14)23/h3-10,18H,11H2,1-2H3,(H,24,25,26). The van der Waals surface area contributed by atoms with Gasteiger partial charge in [-0.25, -0.2) is 13.9 Å². The summed E-state index contributed by atoms with van der Waals surface area (Å²) in [6.07, 6.45) is 0. The Bertz CT molecular complexity index is 1130. The molecule has 0 saturated heterocycles. The Morgan fingerprint density at radius 3 is 2.70 bits per heavy atom. The lowest BCUT2D eigenvalue weighted by Crippen LogP contribution is -2.29. The van der Waals surface area contributed by atoms with Gasteiger partial charge >= 0.3 is 5.97 Å². The third kappa shape index (κ3) is 3.99. The number of rotatable bonds is 5. The van der Waals surface area contributed by atoms with Crippen molar-refractivity contribution in [1.82, 2.24) is 14.8 Å². The van der Waals surface area contributed by atoms with E-state index in [9.17, 15) is 9.18 Å². The minimum absolute atomic E-state index is 0.259. The monoisotopic (exact) mass is 488 g/mol. The highest BCUT2D eigenvalue weighted by Gasteiger charge is 2.34. The fraction of sp³-hybridized carbons (Fsp3) is 0.190. The number of carbonyl (C=O) groups is 1. The van der Waals surface area contributed by atoms with E-state index < -0.39 is 12.0 Å². The van der Waals surface area contributed by atoms with Gasteiger partial charge in [-0.15, -0.1) is 5.10 Å². The first-order valence-electron chi connectivity index (χ1n) is 9.12. The zero-order valence-electron chi connectivity index (χ0n) is 16.2. The Kier molecular flexibility index (Phi) is 5.92. The number of halogens is 2. The molecule has 1 N–H and O–H groups in total. The van der Waals surface area contributed by atoms with E-state index in [2.05, 4.69) is 31.3 Å². The Morgan fingerprint density at radius 1 is 1.27 bits per heavy atom. The summed E-state index contributed by atoms with van der Waals surface area (Å²) in [5.41, 5.74) is 2.57. The summed E-state index contributed by atoms with van der Waals surface area (Å²) in [4.78, 5) is 17.1. The van der Waals surface area contributed by atoms with Gasteiger partial charge in [0.1, 0.15) is 11.9 Å². The lowest BCUT2D eigenvalue weighted by atomic mass is 9.96. The molecule has 0 amide bonds. The molecule has 0 saturated carbocycles. The number of nitrogens with one attached hydrogen (secondary N) is 1. The van der Waals surface area contributed by atoms with Crippen LogP contribution in [0.4, 0.5) is 10.3 Å². The van der Waals surface area contributed by atoms with E-state index in [1.807, 2.05) is 31.2 Å². The summed E-state index contributed by atoms with van der Waals surface area (Å²) in [7, 11) is 1.35. The lowest BCUT2D eigenvalue weighted by molar-refractivity contribution is -0.136.